The van der Waals surface area contributed by atoms with E-state index in [0.717, 1.165) is 30.6 Å². The topological polar surface area (TPSA) is 162 Å². The minimum atomic E-state index is -2.09. The zero-order chi connectivity index (χ0) is 35.1. The number of piperidine rings is 1. The van der Waals surface area contributed by atoms with Crippen molar-refractivity contribution in [2.24, 2.45) is 11.7 Å². The Labute approximate surface area is 293 Å². The highest BCUT2D eigenvalue weighted by Crippen LogP contribution is 2.44. The van der Waals surface area contributed by atoms with Gasteiger partial charge in [-0.05, 0) is 73.1 Å². The molecule has 256 valence electrons. The summed E-state index contributed by atoms with van der Waals surface area (Å²) in [5.74, 6) is 1.85. The van der Waals surface area contributed by atoms with Crippen molar-refractivity contribution in [3.63, 3.8) is 0 Å². The fourth-order valence-corrected chi connectivity index (χ4v) is 7.55. The van der Waals surface area contributed by atoms with Crippen LogP contribution in [0.5, 0.6) is 5.75 Å². The summed E-state index contributed by atoms with van der Waals surface area (Å²) in [5, 5.41) is 31.8. The van der Waals surface area contributed by atoms with Crippen molar-refractivity contribution in [3.05, 3.63) is 64.4 Å². The van der Waals surface area contributed by atoms with E-state index in [9.17, 15) is 10.5 Å². The van der Waals surface area contributed by atoms with Gasteiger partial charge in [0.1, 0.15) is 11.8 Å². The van der Waals surface area contributed by atoms with Gasteiger partial charge in [0.15, 0.2) is 25.5 Å². The van der Waals surface area contributed by atoms with E-state index in [1.54, 1.807) is 19.2 Å². The van der Waals surface area contributed by atoms with Gasteiger partial charge in [-0.2, -0.15) is 20.0 Å². The highest BCUT2D eigenvalue weighted by molar-refractivity contribution is 6.74. The Bertz CT molecular complexity index is 1920. The number of methoxy groups -OCH3 is 1. The largest absolute Gasteiger partial charge is 0.497 e. The summed E-state index contributed by atoms with van der Waals surface area (Å²) in [6.07, 6.45) is 4.18. The van der Waals surface area contributed by atoms with E-state index >= 15 is 0 Å². The van der Waals surface area contributed by atoms with Crippen LogP contribution < -0.4 is 26.0 Å². The number of imidazole rings is 1. The molecule has 1 saturated carbocycles. The number of nitrogens with two attached hydrogens (primary N) is 1. The van der Waals surface area contributed by atoms with E-state index in [1.165, 1.54) is 10.7 Å². The van der Waals surface area contributed by atoms with Crippen LogP contribution in [-0.4, -0.2) is 60.2 Å². The summed E-state index contributed by atoms with van der Waals surface area (Å²) in [4.78, 5) is 11.5. The van der Waals surface area contributed by atoms with Gasteiger partial charge in [0.2, 0.25) is 5.95 Å². The van der Waals surface area contributed by atoms with Gasteiger partial charge in [0, 0.05) is 19.1 Å². The highest BCUT2D eigenvalue weighted by atomic mass is 35.5. The van der Waals surface area contributed by atoms with E-state index in [1.807, 2.05) is 24.3 Å². The number of hydrogen-bond acceptors (Lipinski definition) is 11. The SMILES string of the molecule is COc1ccc(C(Nc2nc(Nc3cc(C#N)cc(N4CC[C@@H](N)[C@H](O[Si](C)(C)C(C)(C)C)C4)c3Cl)nn3c(C#N)cnc23)C2CC2)cc1. The average molecular weight is 699 g/mol. The minimum absolute atomic E-state index is 0.0350. The number of fused-ring (bicyclic) bond motifs is 1. The lowest BCUT2D eigenvalue weighted by Crippen LogP contribution is -2.57. The molecular weight excluding hydrogens is 656 g/mol. The molecule has 0 amide bonds. The fraction of sp³-hybridized carbons (Fsp3) is 0.457. The predicted molar refractivity (Wildman–Crippen MR) is 194 cm³/mol. The predicted octanol–water partition coefficient (Wildman–Crippen LogP) is 6.76. The summed E-state index contributed by atoms with van der Waals surface area (Å²) in [7, 11) is -0.446. The molecule has 6 rings (SSSR count). The Balaban J connectivity index is 1.33. The first kappa shape index (κ1) is 34.5. The first-order valence-corrected chi connectivity index (χ1v) is 19.9. The second kappa shape index (κ2) is 13.5. The van der Waals surface area contributed by atoms with E-state index in [-0.39, 0.29) is 34.9 Å². The van der Waals surface area contributed by atoms with Crippen LogP contribution in [0, 0.1) is 28.6 Å². The molecule has 2 fully saturated rings. The quantitative estimate of drug-likeness (QED) is 0.150. The molecule has 3 heterocycles. The lowest BCUT2D eigenvalue weighted by atomic mass is 10.0. The van der Waals surface area contributed by atoms with Crippen molar-refractivity contribution in [1.82, 2.24) is 19.6 Å². The highest BCUT2D eigenvalue weighted by Gasteiger charge is 2.42. The summed E-state index contributed by atoms with van der Waals surface area (Å²) in [5.41, 5.74) is 9.95. The van der Waals surface area contributed by atoms with Crippen LogP contribution in [0.1, 0.15) is 62.9 Å². The number of aromatic nitrogens is 4. The molecule has 2 aromatic carbocycles. The van der Waals surface area contributed by atoms with Gasteiger partial charge in [-0.3, -0.25) is 0 Å². The fourth-order valence-electron chi connectivity index (χ4n) is 5.92. The van der Waals surface area contributed by atoms with Crippen molar-refractivity contribution in [2.75, 3.05) is 35.7 Å². The molecule has 1 unspecified atom stereocenters. The van der Waals surface area contributed by atoms with Crippen LogP contribution in [-0.2, 0) is 4.43 Å². The zero-order valence-corrected chi connectivity index (χ0v) is 30.5. The maximum atomic E-state index is 10.0. The van der Waals surface area contributed by atoms with Gasteiger partial charge in [-0.1, -0.05) is 44.5 Å². The van der Waals surface area contributed by atoms with Crippen molar-refractivity contribution < 1.29 is 9.16 Å². The van der Waals surface area contributed by atoms with Crippen LogP contribution in [0.25, 0.3) is 5.65 Å². The van der Waals surface area contributed by atoms with Gasteiger partial charge in [0.05, 0.1) is 53.5 Å². The first-order chi connectivity index (χ1) is 23.3. The maximum absolute atomic E-state index is 10.0. The number of nitrogens with one attached hydrogen (secondary N) is 2. The summed E-state index contributed by atoms with van der Waals surface area (Å²) >= 11 is 7.12. The number of benzene rings is 2. The van der Waals surface area contributed by atoms with Gasteiger partial charge in [-0.25, -0.2) is 4.98 Å². The van der Waals surface area contributed by atoms with Crippen LogP contribution in [0.2, 0.25) is 23.2 Å². The minimum Gasteiger partial charge on any atom is -0.497 e. The van der Waals surface area contributed by atoms with Crippen molar-refractivity contribution in [3.8, 4) is 17.9 Å². The summed E-state index contributed by atoms with van der Waals surface area (Å²) < 4.78 is 13.6. The summed E-state index contributed by atoms with van der Waals surface area (Å²) in [6, 6.07) is 15.7. The Morgan fingerprint density at radius 1 is 1.10 bits per heavy atom. The van der Waals surface area contributed by atoms with E-state index in [4.69, 9.17) is 31.5 Å². The molecule has 2 aromatic heterocycles. The number of nitrogens with zero attached hydrogens (tertiary/aromatic N) is 7. The Kier molecular flexibility index (Phi) is 9.48. The van der Waals surface area contributed by atoms with E-state index < -0.39 is 8.32 Å². The van der Waals surface area contributed by atoms with Gasteiger partial charge in [0.25, 0.3) is 0 Å². The van der Waals surface area contributed by atoms with Crippen molar-refractivity contribution in [2.45, 2.75) is 76.4 Å². The third-order valence-corrected chi connectivity index (χ3v) is 14.9. The molecular formula is C35H43ClN10O2Si. The molecule has 12 nitrogen and oxygen atoms in total. The number of ether oxygens (including phenoxy) is 1. The van der Waals surface area contributed by atoms with Gasteiger partial charge < -0.3 is 30.4 Å². The second-order valence-corrected chi connectivity index (χ2v) is 19.6. The molecule has 0 radical (unpaired) electrons. The van der Waals surface area contributed by atoms with E-state index in [2.05, 4.69) is 71.6 Å². The zero-order valence-electron chi connectivity index (χ0n) is 28.8. The van der Waals surface area contributed by atoms with Gasteiger partial charge in [-0.15, -0.1) is 5.10 Å². The maximum Gasteiger partial charge on any atom is 0.247 e. The molecule has 2 aliphatic rings. The molecule has 4 aromatic rings. The Morgan fingerprint density at radius 2 is 1.84 bits per heavy atom. The number of rotatable bonds is 10. The third-order valence-electron chi connectivity index (χ3n) is 9.97. The van der Waals surface area contributed by atoms with Crippen LogP contribution >= 0.6 is 11.6 Å². The molecule has 49 heavy (non-hydrogen) atoms. The molecule has 0 spiro atoms. The normalized spacial score (nSPS) is 18.9. The Hall–Kier alpha value is -4.40. The molecule has 0 bridgehead atoms. The molecule has 1 aliphatic carbocycles. The van der Waals surface area contributed by atoms with Crippen molar-refractivity contribution >= 4 is 48.7 Å². The van der Waals surface area contributed by atoms with E-state index in [0.29, 0.717) is 52.4 Å². The molecule has 14 heteroatoms. The van der Waals surface area contributed by atoms with Crippen LogP contribution in [0.15, 0.2) is 42.6 Å². The van der Waals surface area contributed by atoms with Crippen LogP contribution in [0.4, 0.5) is 23.1 Å². The number of hydrogen-bond donors (Lipinski definition) is 3. The second-order valence-electron chi connectivity index (χ2n) is 14.4. The number of nitriles is 2. The lowest BCUT2D eigenvalue weighted by Gasteiger charge is -2.45. The monoisotopic (exact) mass is 698 g/mol. The van der Waals surface area contributed by atoms with Gasteiger partial charge >= 0.3 is 0 Å². The Morgan fingerprint density at radius 3 is 2.47 bits per heavy atom. The number of halogens is 1. The molecule has 1 aliphatic heterocycles. The third kappa shape index (κ3) is 7.17. The molecule has 1 saturated heterocycles. The van der Waals surface area contributed by atoms with Crippen molar-refractivity contribution in [1.29, 1.82) is 10.5 Å². The number of anilines is 4. The smallest absolute Gasteiger partial charge is 0.247 e. The molecule has 3 atom stereocenters. The first-order valence-electron chi connectivity index (χ1n) is 16.6. The van der Waals surface area contributed by atoms with Crippen LogP contribution in [0.3, 0.4) is 0 Å². The summed E-state index contributed by atoms with van der Waals surface area (Å²) in [6.45, 7) is 12.3. The average Bonchev–Trinajstić information content (AvgIpc) is 3.83. The lowest BCUT2D eigenvalue weighted by molar-refractivity contribution is 0.139. The molecule has 4 N–H and O–H groups in total. The standard InChI is InChI=1S/C35H43ClN10O2Si/c1-35(2,3)49(5,6)48-29-20-45(14-13-26(29)39)28-16-21(17-37)15-27(30(28)36)41-34-43-32(33-40-19-24(18-38)46(33)44-34)42-31(22-7-8-22)23-9-11-25(47-4)12-10-23/h9-12,15-16,19,22,26,29,31H,7-8,13-14,20,39H2,1-6H3,(H2,41,42,43,44)/t26-,29-,31?/m1/s1.